The van der Waals surface area contributed by atoms with E-state index < -0.39 is 17.1 Å². The van der Waals surface area contributed by atoms with Crippen molar-refractivity contribution >= 4 is 12.4 Å². The Kier molecular flexibility index (Phi) is 4.93. The van der Waals surface area contributed by atoms with Gasteiger partial charge in [-0.25, -0.2) is 9.86 Å². The van der Waals surface area contributed by atoms with Crippen molar-refractivity contribution < 1.29 is 19.5 Å². The molecular weight excluding hydrogens is 210 g/mol. The van der Waals surface area contributed by atoms with Gasteiger partial charge in [0.15, 0.2) is 5.54 Å². The second-order valence-corrected chi connectivity index (χ2v) is 4.68. The smallest absolute Gasteiger partial charge is 0.332 e. The molecule has 0 aromatic carbocycles. The average Bonchev–Trinajstić information content (AvgIpc) is 2.16. The zero-order valence-corrected chi connectivity index (χ0v) is 10.6. The molecule has 94 valence electrons. The quantitative estimate of drug-likeness (QED) is 0.559. The number of amides is 1. The Balaban J connectivity index is 5.15. The minimum absolute atomic E-state index is 0.299. The lowest BCUT2D eigenvalue weighted by Crippen LogP contribution is -2.55. The summed E-state index contributed by atoms with van der Waals surface area (Å²) < 4.78 is 0. The highest BCUT2D eigenvalue weighted by Gasteiger charge is 2.43. The van der Waals surface area contributed by atoms with E-state index in [9.17, 15) is 14.7 Å². The molecular formula is C11H21NO4. The second-order valence-electron chi connectivity index (χ2n) is 4.68. The molecule has 0 fully saturated rings. The molecule has 0 unspecified atom stereocenters. The number of hydrogen-bond acceptors (Lipinski definition) is 3. The maximum atomic E-state index is 11.3. The standard InChI is InChI=1S/C11H21NO4/c1-6-11(7-2,9(14)15)12(8-13)16-10(3,4)5/h8H,6-7H2,1-5H3,(H,14,15). The summed E-state index contributed by atoms with van der Waals surface area (Å²) >= 11 is 0. The normalized spacial score (nSPS) is 12.3. The summed E-state index contributed by atoms with van der Waals surface area (Å²) in [5, 5.41) is 10.2. The summed E-state index contributed by atoms with van der Waals surface area (Å²) in [7, 11) is 0. The van der Waals surface area contributed by atoms with Crippen molar-refractivity contribution in [3.05, 3.63) is 0 Å². The first-order chi connectivity index (χ1) is 7.23. The number of nitrogens with zero attached hydrogens (tertiary/aromatic N) is 1. The van der Waals surface area contributed by atoms with Crippen LogP contribution in [0.15, 0.2) is 0 Å². The van der Waals surface area contributed by atoms with Gasteiger partial charge >= 0.3 is 5.97 Å². The van der Waals surface area contributed by atoms with Gasteiger partial charge in [0, 0.05) is 0 Å². The van der Waals surface area contributed by atoms with Crippen molar-refractivity contribution in [2.45, 2.75) is 58.6 Å². The minimum Gasteiger partial charge on any atom is -0.479 e. The molecule has 0 aliphatic rings. The number of hydroxylamine groups is 2. The molecule has 5 nitrogen and oxygen atoms in total. The highest BCUT2D eigenvalue weighted by atomic mass is 16.7. The highest BCUT2D eigenvalue weighted by Crippen LogP contribution is 2.26. The SMILES string of the molecule is CCC(CC)(C(=O)O)N(C=O)OC(C)(C)C. The number of rotatable bonds is 6. The van der Waals surface area contributed by atoms with Gasteiger partial charge in [-0.05, 0) is 33.6 Å². The molecule has 0 aromatic heterocycles. The van der Waals surface area contributed by atoms with Crippen LogP contribution >= 0.6 is 0 Å². The fraction of sp³-hybridized carbons (Fsp3) is 0.818. The summed E-state index contributed by atoms with van der Waals surface area (Å²) in [6, 6.07) is 0. The van der Waals surface area contributed by atoms with Crippen LogP contribution in [0.1, 0.15) is 47.5 Å². The van der Waals surface area contributed by atoms with E-state index in [-0.39, 0.29) is 0 Å². The topological polar surface area (TPSA) is 66.8 Å². The van der Waals surface area contributed by atoms with Gasteiger partial charge in [0.1, 0.15) is 0 Å². The van der Waals surface area contributed by atoms with Crippen LogP contribution in [0.4, 0.5) is 0 Å². The second kappa shape index (κ2) is 5.30. The van der Waals surface area contributed by atoms with E-state index in [0.717, 1.165) is 5.06 Å². The molecule has 0 bridgehead atoms. The number of hydrogen-bond donors (Lipinski definition) is 1. The fourth-order valence-electron chi connectivity index (χ4n) is 1.46. The first-order valence-electron chi connectivity index (χ1n) is 5.40. The van der Waals surface area contributed by atoms with Crippen LogP contribution in [0.3, 0.4) is 0 Å². The van der Waals surface area contributed by atoms with E-state index in [2.05, 4.69) is 0 Å². The molecule has 0 rings (SSSR count). The zero-order chi connectivity index (χ0) is 13.0. The minimum atomic E-state index is -1.28. The summed E-state index contributed by atoms with van der Waals surface area (Å²) in [6.45, 7) is 8.74. The number of aliphatic carboxylic acids is 1. The van der Waals surface area contributed by atoms with E-state index in [1.165, 1.54) is 0 Å². The van der Waals surface area contributed by atoms with Gasteiger partial charge in [0.05, 0.1) is 5.60 Å². The third-order valence-electron chi connectivity index (χ3n) is 2.46. The molecule has 0 atom stereocenters. The molecule has 0 aromatic rings. The maximum Gasteiger partial charge on any atom is 0.332 e. The van der Waals surface area contributed by atoms with E-state index in [1.807, 2.05) is 0 Å². The Morgan fingerprint density at radius 3 is 1.94 bits per heavy atom. The number of carbonyl (C=O) groups excluding carboxylic acids is 1. The van der Waals surface area contributed by atoms with Gasteiger partial charge in [-0.3, -0.25) is 9.63 Å². The summed E-state index contributed by atoms with van der Waals surface area (Å²) in [5.41, 5.74) is -1.89. The lowest BCUT2D eigenvalue weighted by Gasteiger charge is -2.39. The summed E-state index contributed by atoms with van der Waals surface area (Å²) in [4.78, 5) is 27.7. The average molecular weight is 231 g/mol. The number of carboxylic acid groups (broad SMARTS) is 1. The molecule has 16 heavy (non-hydrogen) atoms. The Hall–Kier alpha value is -1.10. The van der Waals surface area contributed by atoms with Crippen molar-refractivity contribution in [1.82, 2.24) is 5.06 Å². The van der Waals surface area contributed by atoms with Crippen molar-refractivity contribution in [2.24, 2.45) is 0 Å². The van der Waals surface area contributed by atoms with E-state index in [0.29, 0.717) is 19.3 Å². The van der Waals surface area contributed by atoms with Crippen LogP contribution in [-0.2, 0) is 14.4 Å². The molecule has 5 heteroatoms. The summed E-state index contributed by atoms with van der Waals surface area (Å²) in [5.74, 6) is -1.05. The molecule has 0 heterocycles. The molecule has 0 aliphatic carbocycles. The molecule has 1 amide bonds. The van der Waals surface area contributed by atoms with E-state index in [1.54, 1.807) is 34.6 Å². The predicted molar refractivity (Wildman–Crippen MR) is 59.7 cm³/mol. The van der Waals surface area contributed by atoms with Crippen molar-refractivity contribution in [1.29, 1.82) is 0 Å². The third-order valence-corrected chi connectivity index (χ3v) is 2.46. The van der Waals surface area contributed by atoms with Crippen molar-refractivity contribution in [3.63, 3.8) is 0 Å². The van der Waals surface area contributed by atoms with Crippen LogP contribution in [-0.4, -0.2) is 33.7 Å². The van der Waals surface area contributed by atoms with E-state index in [4.69, 9.17) is 4.84 Å². The number of carbonyl (C=O) groups is 2. The van der Waals surface area contributed by atoms with E-state index >= 15 is 0 Å². The van der Waals surface area contributed by atoms with Crippen molar-refractivity contribution in [3.8, 4) is 0 Å². The molecule has 0 aliphatic heterocycles. The fourth-order valence-corrected chi connectivity index (χ4v) is 1.46. The van der Waals surface area contributed by atoms with Crippen molar-refractivity contribution in [2.75, 3.05) is 0 Å². The lowest BCUT2D eigenvalue weighted by molar-refractivity contribution is -0.258. The predicted octanol–water partition coefficient (Wildman–Crippen LogP) is 1.82. The monoisotopic (exact) mass is 231 g/mol. The Labute approximate surface area is 96.3 Å². The van der Waals surface area contributed by atoms with Crippen LogP contribution < -0.4 is 0 Å². The molecule has 0 spiro atoms. The van der Waals surface area contributed by atoms with Gasteiger partial charge in [0.2, 0.25) is 6.41 Å². The van der Waals surface area contributed by atoms with Gasteiger partial charge in [0.25, 0.3) is 0 Å². The molecule has 0 radical (unpaired) electrons. The van der Waals surface area contributed by atoms with Crippen LogP contribution in [0.5, 0.6) is 0 Å². The first kappa shape index (κ1) is 14.9. The summed E-state index contributed by atoms with van der Waals surface area (Å²) in [6.07, 6.45) is 1.04. The largest absolute Gasteiger partial charge is 0.479 e. The Morgan fingerprint density at radius 2 is 1.75 bits per heavy atom. The zero-order valence-electron chi connectivity index (χ0n) is 10.6. The van der Waals surface area contributed by atoms with Gasteiger partial charge in [-0.2, -0.15) is 0 Å². The first-order valence-corrected chi connectivity index (χ1v) is 5.40. The van der Waals surface area contributed by atoms with Gasteiger partial charge < -0.3 is 5.11 Å². The molecule has 0 saturated carbocycles. The highest BCUT2D eigenvalue weighted by molar-refractivity contribution is 5.80. The van der Waals surface area contributed by atoms with Gasteiger partial charge in [-0.15, -0.1) is 0 Å². The number of carboxylic acids is 1. The van der Waals surface area contributed by atoms with Crippen LogP contribution in [0, 0.1) is 0 Å². The third kappa shape index (κ3) is 3.20. The molecule has 0 saturated heterocycles. The van der Waals surface area contributed by atoms with Crippen LogP contribution in [0.2, 0.25) is 0 Å². The molecule has 1 N–H and O–H groups in total. The Bertz CT molecular complexity index is 253. The lowest BCUT2D eigenvalue weighted by atomic mass is 9.93. The van der Waals surface area contributed by atoms with Crippen LogP contribution in [0.25, 0.3) is 0 Å². The van der Waals surface area contributed by atoms with Gasteiger partial charge in [-0.1, -0.05) is 13.8 Å². The maximum absolute atomic E-state index is 11.3. The Morgan fingerprint density at radius 1 is 1.31 bits per heavy atom.